The van der Waals surface area contributed by atoms with Crippen molar-refractivity contribution in [2.24, 2.45) is 11.8 Å². The van der Waals surface area contributed by atoms with Crippen LogP contribution in [0.5, 0.6) is 0 Å². The van der Waals surface area contributed by atoms with Gasteiger partial charge in [-0.3, -0.25) is 9.10 Å². The monoisotopic (exact) mass is 384 g/mol. The lowest BCUT2D eigenvalue weighted by atomic mass is 9.95. The van der Waals surface area contributed by atoms with Crippen molar-refractivity contribution in [2.75, 3.05) is 17.1 Å². The van der Waals surface area contributed by atoms with Gasteiger partial charge in [0.05, 0.1) is 11.9 Å². The summed E-state index contributed by atoms with van der Waals surface area (Å²) in [5, 5.41) is 3.70. The Kier molecular flexibility index (Phi) is 5.58. The summed E-state index contributed by atoms with van der Waals surface area (Å²) in [7, 11) is -3.40. The second-order valence-corrected chi connectivity index (χ2v) is 9.61. The lowest BCUT2D eigenvalue weighted by molar-refractivity contribution is -0.122. The third-order valence-electron chi connectivity index (χ3n) is 5.36. The molecule has 1 N–H and O–H groups in total. The quantitative estimate of drug-likeness (QED) is 0.785. The van der Waals surface area contributed by atoms with Crippen LogP contribution in [0.1, 0.15) is 38.5 Å². The summed E-state index contributed by atoms with van der Waals surface area (Å²) in [6.45, 7) is 0.282. The predicted molar refractivity (Wildman–Crippen MR) is 100 cm³/mol. The minimum atomic E-state index is -3.40. The first kappa shape index (κ1) is 18.5. The number of nitrogens with one attached hydrogen (secondary N) is 1. The first-order valence-corrected chi connectivity index (χ1v) is 11.1. The van der Waals surface area contributed by atoms with E-state index in [9.17, 15) is 13.2 Å². The number of nitrogens with zero attached hydrogens (tertiary/aromatic N) is 1. The van der Waals surface area contributed by atoms with E-state index >= 15 is 0 Å². The maximum absolute atomic E-state index is 12.2. The largest absolute Gasteiger partial charge is 0.353 e. The summed E-state index contributed by atoms with van der Waals surface area (Å²) in [5.41, 5.74) is 0.570. The molecule has 1 amide bonds. The van der Waals surface area contributed by atoms with Gasteiger partial charge in [-0.05, 0) is 61.8 Å². The number of carbonyl (C=O) groups excluding carboxylic acids is 1. The zero-order chi connectivity index (χ0) is 18.0. The van der Waals surface area contributed by atoms with E-state index in [0.29, 0.717) is 35.5 Å². The fourth-order valence-corrected chi connectivity index (χ4v) is 5.27. The van der Waals surface area contributed by atoms with Gasteiger partial charge in [-0.25, -0.2) is 8.42 Å². The topological polar surface area (TPSA) is 66.5 Å². The molecule has 2 aliphatic carbocycles. The van der Waals surface area contributed by atoms with Crippen molar-refractivity contribution in [3.8, 4) is 0 Å². The minimum absolute atomic E-state index is 0.0297. The minimum Gasteiger partial charge on any atom is -0.353 e. The molecule has 0 heterocycles. The highest BCUT2D eigenvalue weighted by molar-refractivity contribution is 7.92. The van der Waals surface area contributed by atoms with Gasteiger partial charge < -0.3 is 5.32 Å². The van der Waals surface area contributed by atoms with Gasteiger partial charge in [0.2, 0.25) is 15.9 Å². The van der Waals surface area contributed by atoms with Crippen molar-refractivity contribution < 1.29 is 13.2 Å². The first-order chi connectivity index (χ1) is 11.8. The number of fused-ring (bicyclic) bond motifs is 2. The molecule has 0 aliphatic heterocycles. The average molecular weight is 385 g/mol. The summed E-state index contributed by atoms with van der Waals surface area (Å²) in [6.07, 6.45) is 6.91. The number of carbonyl (C=O) groups is 1. The number of anilines is 1. The lowest BCUT2D eigenvalue weighted by Crippen LogP contribution is -2.39. The molecule has 2 bridgehead atoms. The highest BCUT2D eigenvalue weighted by Gasteiger charge is 2.39. The molecular formula is C18H25ClN2O3S. The van der Waals surface area contributed by atoms with Crippen molar-refractivity contribution in [1.29, 1.82) is 0 Å². The number of rotatable bonds is 7. The molecule has 0 aromatic heterocycles. The molecule has 0 saturated heterocycles. The van der Waals surface area contributed by atoms with Crippen molar-refractivity contribution in [1.82, 2.24) is 5.32 Å². The van der Waals surface area contributed by atoms with E-state index in [4.69, 9.17) is 11.6 Å². The molecule has 5 nitrogen and oxygen atoms in total. The van der Waals surface area contributed by atoms with Gasteiger partial charge >= 0.3 is 0 Å². The molecule has 138 valence electrons. The Bertz CT molecular complexity index is 720. The molecular weight excluding hydrogens is 360 g/mol. The Morgan fingerprint density at radius 3 is 2.52 bits per heavy atom. The fraction of sp³-hybridized carbons (Fsp3) is 0.611. The molecule has 1 aromatic carbocycles. The van der Waals surface area contributed by atoms with E-state index in [1.807, 2.05) is 0 Å². The fourth-order valence-electron chi connectivity index (χ4n) is 4.18. The second kappa shape index (κ2) is 7.54. The van der Waals surface area contributed by atoms with Crippen LogP contribution in [0.2, 0.25) is 5.02 Å². The van der Waals surface area contributed by atoms with E-state index in [2.05, 4.69) is 5.32 Å². The zero-order valence-corrected chi connectivity index (χ0v) is 16.0. The summed E-state index contributed by atoms with van der Waals surface area (Å²) in [5.74, 6) is 1.47. The molecule has 25 heavy (non-hydrogen) atoms. The van der Waals surface area contributed by atoms with Crippen LogP contribution in [0.15, 0.2) is 24.3 Å². The van der Waals surface area contributed by atoms with E-state index in [0.717, 1.165) is 12.3 Å². The molecule has 0 spiro atoms. The van der Waals surface area contributed by atoms with Gasteiger partial charge in [-0.15, -0.1) is 0 Å². The van der Waals surface area contributed by atoms with E-state index < -0.39 is 10.0 Å². The number of hydrogen-bond donors (Lipinski definition) is 1. The highest BCUT2D eigenvalue weighted by atomic mass is 35.5. The number of benzene rings is 1. The molecule has 0 radical (unpaired) electrons. The van der Waals surface area contributed by atoms with Crippen LogP contribution in [-0.2, 0) is 14.8 Å². The molecule has 3 atom stereocenters. The molecule has 2 fully saturated rings. The van der Waals surface area contributed by atoms with Crippen LogP contribution in [-0.4, -0.2) is 33.2 Å². The van der Waals surface area contributed by atoms with E-state index in [-0.39, 0.29) is 12.5 Å². The van der Waals surface area contributed by atoms with Gasteiger partial charge in [-0.2, -0.15) is 0 Å². The number of sulfonamides is 1. The molecule has 7 heteroatoms. The normalized spacial score (nSPS) is 25.1. The van der Waals surface area contributed by atoms with Crippen molar-refractivity contribution >= 4 is 33.2 Å². The Balaban J connectivity index is 1.51. The van der Waals surface area contributed by atoms with Crippen LogP contribution < -0.4 is 9.62 Å². The Morgan fingerprint density at radius 1 is 1.24 bits per heavy atom. The van der Waals surface area contributed by atoms with Crippen LogP contribution >= 0.6 is 11.6 Å². The maximum atomic E-state index is 12.2. The van der Waals surface area contributed by atoms with Crippen LogP contribution in [0.3, 0.4) is 0 Å². The Labute approximate surface area is 154 Å². The first-order valence-electron chi connectivity index (χ1n) is 8.85. The van der Waals surface area contributed by atoms with Gasteiger partial charge in [-0.1, -0.05) is 18.0 Å². The highest BCUT2D eigenvalue weighted by Crippen LogP contribution is 2.44. The number of amides is 1. The molecule has 2 aliphatic rings. The average Bonchev–Trinajstić information content (AvgIpc) is 3.14. The third kappa shape index (κ3) is 4.67. The van der Waals surface area contributed by atoms with Crippen LogP contribution in [0.4, 0.5) is 5.69 Å². The van der Waals surface area contributed by atoms with Gasteiger partial charge in [0.15, 0.2) is 0 Å². The SMILES string of the molecule is CS(=O)(=O)N(CCCC(=O)NC1CC2CCC1C2)c1ccc(Cl)cc1. The summed E-state index contributed by atoms with van der Waals surface area (Å²) >= 11 is 5.86. The maximum Gasteiger partial charge on any atom is 0.232 e. The Hall–Kier alpha value is -1.27. The third-order valence-corrected chi connectivity index (χ3v) is 6.81. The standard InChI is InChI=1S/C18H25ClN2O3S/c1-25(23,24)21(16-8-6-15(19)7-9-16)10-2-3-18(22)20-17-12-13-4-5-14(17)11-13/h6-9,13-14,17H,2-5,10-12H2,1H3,(H,20,22). The molecule has 3 rings (SSSR count). The predicted octanol–water partition coefficient (Wildman–Crippen LogP) is 3.19. The zero-order valence-electron chi connectivity index (χ0n) is 14.4. The van der Waals surface area contributed by atoms with Crippen LogP contribution in [0, 0.1) is 11.8 Å². The number of hydrogen-bond acceptors (Lipinski definition) is 3. The molecule has 1 aromatic rings. The molecule has 3 unspecified atom stereocenters. The van der Waals surface area contributed by atoms with Gasteiger partial charge in [0.25, 0.3) is 0 Å². The summed E-state index contributed by atoms with van der Waals surface area (Å²) in [6, 6.07) is 7.01. The van der Waals surface area contributed by atoms with Crippen LogP contribution in [0.25, 0.3) is 0 Å². The van der Waals surface area contributed by atoms with Crippen molar-refractivity contribution in [2.45, 2.75) is 44.6 Å². The molecule has 2 saturated carbocycles. The van der Waals surface area contributed by atoms with Gasteiger partial charge in [0, 0.05) is 24.0 Å². The summed E-state index contributed by atoms with van der Waals surface area (Å²) < 4.78 is 25.4. The van der Waals surface area contributed by atoms with Crippen molar-refractivity contribution in [3.05, 3.63) is 29.3 Å². The van der Waals surface area contributed by atoms with E-state index in [1.54, 1.807) is 24.3 Å². The van der Waals surface area contributed by atoms with Gasteiger partial charge in [0.1, 0.15) is 0 Å². The summed E-state index contributed by atoms with van der Waals surface area (Å²) in [4.78, 5) is 12.2. The van der Waals surface area contributed by atoms with E-state index in [1.165, 1.54) is 29.8 Å². The lowest BCUT2D eigenvalue weighted by Gasteiger charge is -2.24. The number of halogens is 1. The Morgan fingerprint density at radius 2 is 1.96 bits per heavy atom. The smallest absolute Gasteiger partial charge is 0.232 e. The van der Waals surface area contributed by atoms with Crippen molar-refractivity contribution in [3.63, 3.8) is 0 Å². The second-order valence-electron chi connectivity index (χ2n) is 7.26.